The van der Waals surface area contributed by atoms with Crippen molar-refractivity contribution >= 4 is 57.4 Å². The van der Waals surface area contributed by atoms with Gasteiger partial charge in [-0.05, 0) is 131 Å². The highest BCUT2D eigenvalue weighted by Gasteiger charge is 2.53. The number of nitrogens with zero attached hydrogens (tertiary/aromatic N) is 6. The van der Waals surface area contributed by atoms with E-state index in [0.29, 0.717) is 139 Å². The van der Waals surface area contributed by atoms with Crippen molar-refractivity contribution in [1.29, 1.82) is 0 Å². The lowest BCUT2D eigenvalue weighted by Gasteiger charge is -2.43. The highest BCUT2D eigenvalue weighted by Crippen LogP contribution is 2.56. The monoisotopic (exact) mass is 1160 g/mol. The third-order valence-electron chi connectivity index (χ3n) is 19.0. The summed E-state index contributed by atoms with van der Waals surface area (Å²) >= 11 is 0. The Morgan fingerprint density at radius 2 is 1.13 bits per heavy atom. The van der Waals surface area contributed by atoms with Gasteiger partial charge in [-0.15, -0.1) is 0 Å². The normalized spacial score (nSPS) is 24.6. The van der Waals surface area contributed by atoms with Crippen molar-refractivity contribution in [2.24, 2.45) is 29.2 Å². The van der Waals surface area contributed by atoms with Crippen LogP contribution in [0.4, 0.5) is 42.9 Å². The van der Waals surface area contributed by atoms with E-state index in [9.17, 15) is 23.6 Å². The number of carbonyl (C=O) groups excluding carboxylic acids is 4. The molecule has 6 aliphatic rings. The smallest absolute Gasteiger partial charge is 0.405 e. The first kappa shape index (κ1) is 56.9. The summed E-state index contributed by atoms with van der Waals surface area (Å²) in [6, 6.07) is 12.4. The number of nitrogens with one attached hydrogen (secondary N) is 2. The SMILES string of the molecule is CC1CC(c2cc3[nH]c(C4CCCN4C(=O)[C@@H](OC(N)=O)C4CCOCC4)nc3cc2F)N(c2cc(F)c(N3CCC(c4ccc(F)cc4)CC3)c(F)c2)[C@@]1(C)c1cc2[nH]c(C3CCCN3C(=O)[C@@H](OC(N)=O)C3CCOCC3)nc2cc1F. The first-order valence-electron chi connectivity index (χ1n) is 29.3. The average molecular weight is 1170 g/mol. The Morgan fingerprint density at radius 3 is 1.64 bits per heavy atom. The second kappa shape index (κ2) is 23.1. The molecule has 0 saturated carbocycles. The standard InChI is InChI=1S/C61H69F5N10O8/c1-32-25-51(39-28-45-47(30-41(39)63)71-55(69-45)49-5-3-17-74(49)57(77)53(83-59(67)79)35-13-21-81-22-14-35)76(38-26-43(65)52(44(66)27-38)73-19-11-34(12-20-73)33-7-9-37(62)10-8-33)61(32,2)40-29-46-48(31-42(40)64)72-56(70-46)50-6-4-18-75(50)58(78)54(84-60(68)80)36-15-23-82-24-16-36/h7-10,26-32,34-36,49-51,53-54H,3-6,11-25H2,1-2H3,(H2,67,79)(H2,68,80)(H,69,71)(H,70,72)/t32?,49?,50?,51?,53-,54-,61+/m0/s1. The third-order valence-corrected chi connectivity index (χ3v) is 19.0. The molecule has 6 aliphatic heterocycles. The molecular formula is C61H69F5N10O8. The van der Waals surface area contributed by atoms with Crippen molar-refractivity contribution in [3.8, 4) is 0 Å². The van der Waals surface area contributed by atoms with Gasteiger partial charge in [0.05, 0.1) is 45.7 Å². The van der Waals surface area contributed by atoms with Crippen LogP contribution in [-0.2, 0) is 34.1 Å². The maximum atomic E-state index is 17.5. The minimum absolute atomic E-state index is 0.0381. The molecule has 4 aromatic carbocycles. The molecule has 4 unspecified atom stereocenters. The van der Waals surface area contributed by atoms with Gasteiger partial charge in [-0.1, -0.05) is 19.1 Å². The van der Waals surface area contributed by atoms with Crippen LogP contribution >= 0.6 is 0 Å². The molecule has 0 radical (unpaired) electrons. The molecule has 0 spiro atoms. The zero-order valence-electron chi connectivity index (χ0n) is 46.9. The summed E-state index contributed by atoms with van der Waals surface area (Å²) in [5.41, 5.74) is 11.9. The molecule has 6 fully saturated rings. The van der Waals surface area contributed by atoms with E-state index in [1.807, 2.05) is 6.92 Å². The largest absolute Gasteiger partial charge is 0.436 e. The highest BCUT2D eigenvalue weighted by atomic mass is 19.1. The van der Waals surface area contributed by atoms with E-state index in [2.05, 4.69) is 9.97 Å². The van der Waals surface area contributed by atoms with Crippen LogP contribution in [0.3, 0.4) is 0 Å². The third kappa shape index (κ3) is 10.6. The molecule has 23 heteroatoms. The van der Waals surface area contributed by atoms with Crippen LogP contribution in [0.15, 0.2) is 60.7 Å². The molecular weight excluding hydrogens is 1100 g/mol. The highest BCUT2D eigenvalue weighted by molar-refractivity contribution is 5.86. The van der Waals surface area contributed by atoms with Crippen LogP contribution in [0, 0.1) is 46.8 Å². The van der Waals surface area contributed by atoms with Crippen molar-refractivity contribution in [2.45, 2.75) is 126 Å². The van der Waals surface area contributed by atoms with Crippen LogP contribution in [0.5, 0.6) is 0 Å². The fourth-order valence-electron chi connectivity index (χ4n) is 14.5. The number of amides is 4. The fraction of sp³-hybridized carbons (Fsp3) is 0.508. The van der Waals surface area contributed by atoms with E-state index >= 15 is 17.6 Å². The number of carbonyl (C=O) groups is 4. The van der Waals surface area contributed by atoms with Gasteiger partial charge in [0.2, 0.25) is 0 Å². The number of H-pyrrole nitrogens is 2. The number of ether oxygens (including phenoxy) is 4. The molecule has 0 bridgehead atoms. The van der Waals surface area contributed by atoms with Gasteiger partial charge in [0.15, 0.2) is 23.8 Å². The number of rotatable bonds is 13. The van der Waals surface area contributed by atoms with Gasteiger partial charge in [0.1, 0.15) is 34.8 Å². The Bertz CT molecular complexity index is 3450. The summed E-state index contributed by atoms with van der Waals surface area (Å²) in [6.45, 7) is 6.61. The number of halogens is 5. The van der Waals surface area contributed by atoms with Crippen molar-refractivity contribution < 1.29 is 60.1 Å². The first-order valence-corrected chi connectivity index (χ1v) is 29.3. The Labute approximate surface area is 481 Å². The number of hydrogen-bond donors (Lipinski definition) is 4. The first-order chi connectivity index (χ1) is 40.4. The molecule has 7 atom stereocenters. The summed E-state index contributed by atoms with van der Waals surface area (Å²) in [4.78, 5) is 75.7. The number of likely N-dealkylation sites (tertiary alicyclic amines) is 2. The number of fused-ring (bicyclic) bond motifs is 2. The Hall–Kier alpha value is -7.53. The molecule has 2 aromatic heterocycles. The number of benzene rings is 4. The van der Waals surface area contributed by atoms with Crippen LogP contribution in [0.1, 0.15) is 137 Å². The lowest BCUT2D eigenvalue weighted by atomic mass is 9.80. The summed E-state index contributed by atoms with van der Waals surface area (Å²) in [5, 5.41) is 0. The zero-order valence-corrected chi connectivity index (χ0v) is 46.9. The van der Waals surface area contributed by atoms with E-state index in [1.165, 1.54) is 36.4 Å². The molecule has 18 nitrogen and oxygen atoms in total. The van der Waals surface area contributed by atoms with Gasteiger partial charge in [-0.25, -0.2) is 41.5 Å². The summed E-state index contributed by atoms with van der Waals surface area (Å²) in [6.07, 6.45) is 1.16. The van der Waals surface area contributed by atoms with Gasteiger partial charge in [-0.2, -0.15) is 0 Å². The second-order valence-corrected chi connectivity index (χ2v) is 23.7. The Balaban J connectivity index is 0.899. The number of piperidine rings is 1. The molecule has 6 aromatic rings. The number of aromatic amines is 2. The van der Waals surface area contributed by atoms with Crippen molar-refractivity contribution in [1.82, 2.24) is 29.7 Å². The predicted octanol–water partition coefficient (Wildman–Crippen LogP) is 10.1. The Kier molecular flexibility index (Phi) is 15.7. The van der Waals surface area contributed by atoms with Gasteiger partial charge in [-0.3, -0.25) is 9.59 Å². The maximum absolute atomic E-state index is 17.5. The molecule has 4 amide bonds. The van der Waals surface area contributed by atoms with Crippen molar-refractivity contribution in [3.05, 3.63) is 118 Å². The van der Waals surface area contributed by atoms with E-state index in [4.69, 9.17) is 40.4 Å². The molecule has 446 valence electrons. The number of aromatic nitrogens is 4. The maximum Gasteiger partial charge on any atom is 0.405 e. The second-order valence-electron chi connectivity index (χ2n) is 23.7. The molecule has 12 rings (SSSR count). The number of nitrogens with two attached hydrogens (primary N) is 2. The van der Waals surface area contributed by atoms with E-state index in [0.717, 1.165) is 5.56 Å². The number of hydrogen-bond acceptors (Lipinski definition) is 12. The average Bonchev–Trinajstić information content (AvgIpc) is 3.07. The van der Waals surface area contributed by atoms with Crippen LogP contribution in [0.2, 0.25) is 0 Å². The number of imidazole rings is 2. The van der Waals surface area contributed by atoms with Gasteiger partial charge < -0.3 is 60.0 Å². The lowest BCUT2D eigenvalue weighted by molar-refractivity contribution is -0.146. The van der Waals surface area contributed by atoms with Crippen LogP contribution in [0.25, 0.3) is 22.1 Å². The Morgan fingerprint density at radius 1 is 0.631 bits per heavy atom. The zero-order chi connectivity index (χ0) is 58.7. The minimum atomic E-state index is -1.43. The summed E-state index contributed by atoms with van der Waals surface area (Å²) in [5.74, 6) is -4.55. The van der Waals surface area contributed by atoms with Crippen molar-refractivity contribution in [3.63, 3.8) is 0 Å². The van der Waals surface area contributed by atoms with E-state index < -0.39 is 89.1 Å². The minimum Gasteiger partial charge on any atom is -0.436 e. The van der Waals surface area contributed by atoms with Gasteiger partial charge in [0.25, 0.3) is 11.8 Å². The molecule has 0 aliphatic carbocycles. The molecule has 6 saturated heterocycles. The van der Waals surface area contributed by atoms with E-state index in [1.54, 1.807) is 50.8 Å². The van der Waals surface area contributed by atoms with Gasteiger partial charge in [0, 0.05) is 93.4 Å². The van der Waals surface area contributed by atoms with Crippen LogP contribution < -0.4 is 21.3 Å². The predicted molar refractivity (Wildman–Crippen MR) is 299 cm³/mol. The molecule has 84 heavy (non-hydrogen) atoms. The van der Waals surface area contributed by atoms with Crippen molar-refractivity contribution in [2.75, 3.05) is 62.4 Å². The quantitative estimate of drug-likeness (QED) is 0.0792. The van der Waals surface area contributed by atoms with Gasteiger partial charge >= 0.3 is 12.2 Å². The van der Waals surface area contributed by atoms with E-state index in [-0.39, 0.29) is 63.5 Å². The molecule has 6 N–H and O–H groups in total. The topological polar surface area (TPSA) is 228 Å². The lowest BCUT2D eigenvalue weighted by Crippen LogP contribution is -2.47. The van der Waals surface area contributed by atoms with Crippen LogP contribution in [-0.4, -0.2) is 119 Å². The summed E-state index contributed by atoms with van der Waals surface area (Å²) < 4.78 is 105. The number of anilines is 2. The summed E-state index contributed by atoms with van der Waals surface area (Å²) in [7, 11) is 0. The molecule has 8 heterocycles. The number of primary amides is 2. The fourth-order valence-corrected chi connectivity index (χ4v) is 14.5.